The Balaban J connectivity index is 3.04. The number of nitro benzene ring substituents is 1. The zero-order chi connectivity index (χ0) is 9.84. The van der Waals surface area contributed by atoms with E-state index in [0.29, 0.717) is 5.75 Å². The molecule has 0 heterocycles. The highest BCUT2D eigenvalue weighted by Gasteiger charge is 2.13. The quantitative estimate of drug-likeness (QED) is 0.557. The van der Waals surface area contributed by atoms with Gasteiger partial charge in [-0.2, -0.15) is 16.2 Å². The van der Waals surface area contributed by atoms with Gasteiger partial charge in [0.15, 0.2) is 0 Å². The van der Waals surface area contributed by atoms with Gasteiger partial charge in [-0.1, -0.05) is 6.07 Å². The summed E-state index contributed by atoms with van der Waals surface area (Å²) in [7, 11) is 0. The molecule has 1 rings (SSSR count). The van der Waals surface area contributed by atoms with Gasteiger partial charge in [0.2, 0.25) is 5.82 Å². The zero-order valence-electron chi connectivity index (χ0n) is 6.99. The van der Waals surface area contributed by atoms with Crippen LogP contribution in [0.4, 0.5) is 10.1 Å². The Hall–Kier alpha value is -1.10. The number of hydrogen-bond donors (Lipinski definition) is 0. The molecular weight excluding hydrogens is 193 g/mol. The predicted octanol–water partition coefficient (Wildman–Crippen LogP) is 2.60. The number of halogens is 1. The van der Waals surface area contributed by atoms with Gasteiger partial charge in [0.05, 0.1) is 4.92 Å². The minimum atomic E-state index is -0.783. The van der Waals surface area contributed by atoms with Crippen LogP contribution in [-0.4, -0.2) is 11.2 Å². The summed E-state index contributed by atoms with van der Waals surface area (Å²) in [6.07, 6.45) is 1.88. The molecule has 1 aromatic carbocycles. The SMILES string of the molecule is CSCc1ccc(F)c([N+](=O)[O-])c1. The van der Waals surface area contributed by atoms with Gasteiger partial charge >= 0.3 is 5.69 Å². The first-order chi connectivity index (χ1) is 6.15. The average Bonchev–Trinajstić information content (AvgIpc) is 2.08. The number of thioether (sulfide) groups is 1. The van der Waals surface area contributed by atoms with E-state index in [1.807, 2.05) is 6.26 Å². The first-order valence-electron chi connectivity index (χ1n) is 3.57. The summed E-state index contributed by atoms with van der Waals surface area (Å²) in [6.45, 7) is 0. The van der Waals surface area contributed by atoms with Crippen LogP contribution < -0.4 is 0 Å². The number of benzene rings is 1. The maximum Gasteiger partial charge on any atom is 0.305 e. The van der Waals surface area contributed by atoms with Crippen LogP contribution in [0.3, 0.4) is 0 Å². The first-order valence-corrected chi connectivity index (χ1v) is 4.96. The Bertz CT molecular complexity index is 330. The summed E-state index contributed by atoms with van der Waals surface area (Å²) in [4.78, 5) is 9.63. The smallest absolute Gasteiger partial charge is 0.258 e. The molecule has 0 atom stereocenters. The topological polar surface area (TPSA) is 43.1 Å². The monoisotopic (exact) mass is 201 g/mol. The van der Waals surface area contributed by atoms with E-state index in [0.717, 1.165) is 11.6 Å². The molecule has 5 heteroatoms. The van der Waals surface area contributed by atoms with E-state index in [-0.39, 0.29) is 0 Å². The summed E-state index contributed by atoms with van der Waals surface area (Å²) in [5.41, 5.74) is 0.312. The second-order valence-corrected chi connectivity index (χ2v) is 3.34. The molecule has 0 N–H and O–H groups in total. The van der Waals surface area contributed by atoms with Crippen LogP contribution in [-0.2, 0) is 5.75 Å². The van der Waals surface area contributed by atoms with Gasteiger partial charge in [0, 0.05) is 11.8 Å². The van der Waals surface area contributed by atoms with Gasteiger partial charge in [0.25, 0.3) is 0 Å². The number of nitrogens with zero attached hydrogens (tertiary/aromatic N) is 1. The molecule has 0 unspecified atom stereocenters. The van der Waals surface area contributed by atoms with Gasteiger partial charge in [-0.3, -0.25) is 10.1 Å². The molecule has 0 radical (unpaired) electrons. The van der Waals surface area contributed by atoms with Crippen molar-refractivity contribution in [3.63, 3.8) is 0 Å². The van der Waals surface area contributed by atoms with Crippen LogP contribution in [0.5, 0.6) is 0 Å². The molecule has 0 aliphatic rings. The fourth-order valence-corrected chi connectivity index (χ4v) is 1.47. The minimum absolute atomic E-state index is 0.452. The summed E-state index contributed by atoms with van der Waals surface area (Å²) in [5.74, 6) is -0.129. The molecule has 0 saturated carbocycles. The van der Waals surface area contributed by atoms with Crippen molar-refractivity contribution in [3.8, 4) is 0 Å². The zero-order valence-corrected chi connectivity index (χ0v) is 7.81. The van der Waals surface area contributed by atoms with Crippen molar-refractivity contribution < 1.29 is 9.31 Å². The van der Waals surface area contributed by atoms with E-state index in [1.165, 1.54) is 17.8 Å². The fraction of sp³-hybridized carbons (Fsp3) is 0.250. The Morgan fingerprint density at radius 3 is 2.85 bits per heavy atom. The summed E-state index contributed by atoms with van der Waals surface area (Å²) in [5, 5.41) is 10.3. The summed E-state index contributed by atoms with van der Waals surface area (Å²) in [6, 6.07) is 3.95. The number of hydrogen-bond acceptors (Lipinski definition) is 3. The number of rotatable bonds is 3. The van der Waals surface area contributed by atoms with Crippen LogP contribution in [0.1, 0.15) is 5.56 Å². The van der Waals surface area contributed by atoms with Crippen molar-refractivity contribution in [2.75, 3.05) is 6.26 Å². The van der Waals surface area contributed by atoms with Crippen molar-refractivity contribution in [1.29, 1.82) is 0 Å². The Kier molecular flexibility index (Phi) is 3.25. The molecular formula is C8H8FNO2S. The van der Waals surface area contributed by atoms with E-state index in [9.17, 15) is 14.5 Å². The van der Waals surface area contributed by atoms with Crippen LogP contribution in [0.25, 0.3) is 0 Å². The van der Waals surface area contributed by atoms with Crippen LogP contribution >= 0.6 is 11.8 Å². The molecule has 0 amide bonds. The van der Waals surface area contributed by atoms with Crippen LogP contribution in [0.2, 0.25) is 0 Å². The van der Waals surface area contributed by atoms with E-state index in [1.54, 1.807) is 6.07 Å². The third kappa shape index (κ3) is 2.42. The number of nitro groups is 1. The van der Waals surface area contributed by atoms with Crippen molar-refractivity contribution in [2.24, 2.45) is 0 Å². The van der Waals surface area contributed by atoms with Crippen molar-refractivity contribution in [1.82, 2.24) is 0 Å². The molecule has 3 nitrogen and oxygen atoms in total. The van der Waals surface area contributed by atoms with Gasteiger partial charge in [-0.05, 0) is 17.9 Å². The normalized spacial score (nSPS) is 10.0. The highest BCUT2D eigenvalue weighted by Crippen LogP contribution is 2.20. The third-order valence-corrected chi connectivity index (χ3v) is 2.14. The van der Waals surface area contributed by atoms with Crippen molar-refractivity contribution >= 4 is 17.4 Å². The van der Waals surface area contributed by atoms with E-state index in [4.69, 9.17) is 0 Å². The van der Waals surface area contributed by atoms with Gasteiger partial charge < -0.3 is 0 Å². The molecule has 0 bridgehead atoms. The maximum atomic E-state index is 12.8. The summed E-state index contributed by atoms with van der Waals surface area (Å²) < 4.78 is 12.8. The maximum absolute atomic E-state index is 12.8. The Morgan fingerprint density at radius 1 is 1.62 bits per heavy atom. The Morgan fingerprint density at radius 2 is 2.31 bits per heavy atom. The lowest BCUT2D eigenvalue weighted by molar-refractivity contribution is -0.387. The molecule has 0 aliphatic carbocycles. The molecule has 0 spiro atoms. The van der Waals surface area contributed by atoms with E-state index >= 15 is 0 Å². The standard InChI is InChI=1S/C8H8FNO2S/c1-13-5-6-2-3-7(9)8(4-6)10(11)12/h2-4H,5H2,1H3. The van der Waals surface area contributed by atoms with Gasteiger partial charge in [0.1, 0.15) is 0 Å². The molecule has 0 fully saturated rings. The van der Waals surface area contributed by atoms with Crippen LogP contribution in [0, 0.1) is 15.9 Å². The molecule has 70 valence electrons. The summed E-state index contributed by atoms with van der Waals surface area (Å²) >= 11 is 1.54. The van der Waals surface area contributed by atoms with Crippen molar-refractivity contribution in [3.05, 3.63) is 39.7 Å². The first kappa shape index (κ1) is 9.98. The van der Waals surface area contributed by atoms with Gasteiger partial charge in [-0.25, -0.2) is 0 Å². The second-order valence-electron chi connectivity index (χ2n) is 2.48. The largest absolute Gasteiger partial charge is 0.305 e. The second kappa shape index (κ2) is 4.23. The average molecular weight is 201 g/mol. The predicted molar refractivity (Wildman–Crippen MR) is 50.3 cm³/mol. The third-order valence-electron chi connectivity index (χ3n) is 1.52. The lowest BCUT2D eigenvalue weighted by Crippen LogP contribution is -1.93. The minimum Gasteiger partial charge on any atom is -0.258 e. The molecule has 0 aliphatic heterocycles. The molecule has 13 heavy (non-hydrogen) atoms. The molecule has 1 aromatic rings. The van der Waals surface area contributed by atoms with Crippen molar-refractivity contribution in [2.45, 2.75) is 5.75 Å². The molecule has 0 saturated heterocycles. The van der Waals surface area contributed by atoms with Crippen LogP contribution in [0.15, 0.2) is 18.2 Å². The highest BCUT2D eigenvalue weighted by atomic mass is 32.2. The lowest BCUT2D eigenvalue weighted by atomic mass is 10.2. The van der Waals surface area contributed by atoms with E-state index in [2.05, 4.69) is 0 Å². The lowest BCUT2D eigenvalue weighted by Gasteiger charge is -1.98. The fourth-order valence-electron chi connectivity index (χ4n) is 0.955. The van der Waals surface area contributed by atoms with E-state index < -0.39 is 16.4 Å². The Labute approximate surface area is 79.1 Å². The highest BCUT2D eigenvalue weighted by molar-refractivity contribution is 7.97. The molecule has 0 aromatic heterocycles. The van der Waals surface area contributed by atoms with Gasteiger partial charge in [-0.15, -0.1) is 0 Å².